The van der Waals surface area contributed by atoms with Gasteiger partial charge in [-0.25, -0.2) is 4.98 Å². The number of hydrogen-bond acceptors (Lipinski definition) is 5. The number of rotatable bonds is 7. The number of nitrogens with one attached hydrogen (secondary N) is 1. The number of unbranched alkanes of at least 4 members (excludes halogenated alkanes) is 1. The molecule has 0 spiro atoms. The van der Waals surface area contributed by atoms with E-state index >= 15 is 0 Å². The van der Waals surface area contributed by atoms with E-state index < -0.39 is 0 Å². The Morgan fingerprint density at radius 3 is 3.10 bits per heavy atom. The highest BCUT2D eigenvalue weighted by atomic mass is 32.2. The summed E-state index contributed by atoms with van der Waals surface area (Å²) in [6, 6.07) is 5.77. The number of ether oxygens (including phenoxy) is 1. The highest BCUT2D eigenvalue weighted by Gasteiger charge is 2.04. The fourth-order valence-electron chi connectivity index (χ4n) is 1.79. The number of amidine groups is 1. The molecule has 1 aromatic carbocycles. The molecular weight excluding hydrogens is 276 g/mol. The zero-order valence-corrected chi connectivity index (χ0v) is 12.1. The average Bonchev–Trinajstić information content (AvgIpc) is 2.88. The van der Waals surface area contributed by atoms with Gasteiger partial charge >= 0.3 is 0 Å². The van der Waals surface area contributed by atoms with Crippen molar-refractivity contribution in [3.8, 4) is 5.75 Å². The van der Waals surface area contributed by atoms with Gasteiger partial charge in [-0.1, -0.05) is 16.9 Å². The molecule has 1 aromatic heterocycles. The van der Waals surface area contributed by atoms with E-state index in [0.29, 0.717) is 6.42 Å². The first-order valence-electron chi connectivity index (χ1n) is 6.36. The van der Waals surface area contributed by atoms with Gasteiger partial charge in [0.2, 0.25) is 0 Å². The molecule has 0 amide bonds. The zero-order chi connectivity index (χ0) is 14.4. The van der Waals surface area contributed by atoms with Gasteiger partial charge in [0.15, 0.2) is 5.16 Å². The largest absolute Gasteiger partial charge is 0.497 e. The van der Waals surface area contributed by atoms with Crippen LogP contribution >= 0.6 is 11.8 Å². The van der Waals surface area contributed by atoms with Crippen molar-refractivity contribution in [3.63, 3.8) is 0 Å². The van der Waals surface area contributed by atoms with Crippen LogP contribution in [0.2, 0.25) is 0 Å². The van der Waals surface area contributed by atoms with Crippen LogP contribution in [0.15, 0.2) is 28.5 Å². The van der Waals surface area contributed by atoms with Crippen LogP contribution in [-0.4, -0.2) is 33.9 Å². The van der Waals surface area contributed by atoms with E-state index in [-0.39, 0.29) is 5.84 Å². The second-order valence-corrected chi connectivity index (χ2v) is 5.41. The van der Waals surface area contributed by atoms with E-state index in [2.05, 4.69) is 15.1 Å². The minimum absolute atomic E-state index is 0.283. The van der Waals surface area contributed by atoms with Gasteiger partial charge in [-0.3, -0.25) is 0 Å². The standard InChI is InChI=1S/C13H18N4O2S/c1-19-9-5-6-10-11(8-9)16-13(15-10)20-7-3-2-4-12(14)17-18/h5-6,8,18H,2-4,7H2,1H3,(H2,14,17)(H,15,16). The Labute approximate surface area is 121 Å². The Morgan fingerprint density at radius 1 is 1.50 bits per heavy atom. The zero-order valence-electron chi connectivity index (χ0n) is 11.3. The molecule has 0 fully saturated rings. The van der Waals surface area contributed by atoms with Crippen LogP contribution in [0.25, 0.3) is 11.0 Å². The molecule has 20 heavy (non-hydrogen) atoms. The van der Waals surface area contributed by atoms with Gasteiger partial charge in [0, 0.05) is 18.2 Å². The van der Waals surface area contributed by atoms with Gasteiger partial charge < -0.3 is 20.7 Å². The molecule has 0 bridgehead atoms. The maximum Gasteiger partial charge on any atom is 0.166 e. The van der Waals surface area contributed by atoms with Gasteiger partial charge in [0.1, 0.15) is 11.6 Å². The highest BCUT2D eigenvalue weighted by molar-refractivity contribution is 7.99. The predicted octanol–water partition coefficient (Wildman–Crippen LogP) is 2.58. The van der Waals surface area contributed by atoms with Crippen LogP contribution in [0, 0.1) is 0 Å². The third-order valence-electron chi connectivity index (χ3n) is 2.86. The van der Waals surface area contributed by atoms with Gasteiger partial charge in [-0.2, -0.15) is 0 Å². The van der Waals surface area contributed by atoms with E-state index in [1.54, 1.807) is 18.9 Å². The first-order valence-corrected chi connectivity index (χ1v) is 7.34. The van der Waals surface area contributed by atoms with E-state index in [4.69, 9.17) is 15.7 Å². The number of methoxy groups -OCH3 is 1. The Balaban J connectivity index is 1.84. The minimum atomic E-state index is 0.283. The molecule has 0 unspecified atom stereocenters. The van der Waals surface area contributed by atoms with Gasteiger partial charge in [-0.05, 0) is 25.0 Å². The quantitative estimate of drug-likeness (QED) is 0.182. The molecule has 0 saturated carbocycles. The number of aromatic amines is 1. The fraction of sp³-hybridized carbons (Fsp3) is 0.385. The maximum absolute atomic E-state index is 8.43. The summed E-state index contributed by atoms with van der Waals surface area (Å²) in [6.45, 7) is 0. The molecule has 6 nitrogen and oxygen atoms in total. The Kier molecular flexibility index (Phi) is 5.11. The van der Waals surface area contributed by atoms with Crippen molar-refractivity contribution in [2.75, 3.05) is 12.9 Å². The summed E-state index contributed by atoms with van der Waals surface area (Å²) in [5, 5.41) is 12.3. The monoisotopic (exact) mass is 294 g/mol. The lowest BCUT2D eigenvalue weighted by atomic mass is 10.2. The van der Waals surface area contributed by atoms with E-state index in [9.17, 15) is 0 Å². The molecule has 0 radical (unpaired) electrons. The molecule has 7 heteroatoms. The molecule has 0 aliphatic rings. The second-order valence-electron chi connectivity index (χ2n) is 4.32. The molecule has 108 valence electrons. The minimum Gasteiger partial charge on any atom is -0.497 e. The Bertz CT molecular complexity index is 597. The number of oxime groups is 1. The summed E-state index contributed by atoms with van der Waals surface area (Å²) in [7, 11) is 1.65. The number of nitrogens with two attached hydrogens (primary N) is 1. The molecule has 2 rings (SSSR count). The Morgan fingerprint density at radius 2 is 2.35 bits per heavy atom. The third-order valence-corrected chi connectivity index (χ3v) is 3.82. The van der Waals surface area contributed by atoms with Crippen molar-refractivity contribution in [1.29, 1.82) is 0 Å². The van der Waals surface area contributed by atoms with Crippen LogP contribution in [0.5, 0.6) is 5.75 Å². The molecule has 0 atom stereocenters. The summed E-state index contributed by atoms with van der Waals surface area (Å²) in [5.74, 6) is 2.04. The average molecular weight is 294 g/mol. The molecule has 4 N–H and O–H groups in total. The molecular formula is C13H18N4O2S. The van der Waals surface area contributed by atoms with E-state index in [1.807, 2.05) is 18.2 Å². The van der Waals surface area contributed by atoms with Gasteiger partial charge in [0.25, 0.3) is 0 Å². The van der Waals surface area contributed by atoms with Gasteiger partial charge in [0.05, 0.1) is 18.1 Å². The van der Waals surface area contributed by atoms with Crippen molar-refractivity contribution in [2.24, 2.45) is 10.9 Å². The summed E-state index contributed by atoms with van der Waals surface area (Å²) >= 11 is 1.67. The summed E-state index contributed by atoms with van der Waals surface area (Å²) in [6.07, 6.45) is 2.51. The van der Waals surface area contributed by atoms with Gasteiger partial charge in [-0.15, -0.1) is 0 Å². The number of hydrogen-bond donors (Lipinski definition) is 3. The molecule has 0 aliphatic carbocycles. The van der Waals surface area contributed by atoms with Crippen LogP contribution in [0.3, 0.4) is 0 Å². The predicted molar refractivity (Wildman–Crippen MR) is 80.6 cm³/mol. The first-order chi connectivity index (χ1) is 9.72. The van der Waals surface area contributed by atoms with Crippen LogP contribution in [-0.2, 0) is 0 Å². The molecule has 0 saturated heterocycles. The molecule has 1 heterocycles. The first kappa shape index (κ1) is 14.5. The van der Waals surface area contributed by atoms with Crippen molar-refractivity contribution in [3.05, 3.63) is 18.2 Å². The number of benzene rings is 1. The van der Waals surface area contributed by atoms with Crippen LogP contribution in [0.4, 0.5) is 0 Å². The fourth-order valence-corrected chi connectivity index (χ4v) is 2.67. The Hall–Kier alpha value is -1.89. The number of H-pyrrole nitrogens is 1. The number of fused-ring (bicyclic) bond motifs is 1. The number of aromatic nitrogens is 2. The second kappa shape index (κ2) is 7.04. The number of nitrogens with zero attached hydrogens (tertiary/aromatic N) is 2. The SMILES string of the molecule is COc1ccc2nc(SCCCCC(N)=NO)[nH]c2c1. The molecule has 0 aliphatic heterocycles. The normalized spacial score (nSPS) is 11.9. The maximum atomic E-state index is 8.43. The lowest BCUT2D eigenvalue weighted by Crippen LogP contribution is -2.10. The molecule has 2 aromatic rings. The van der Waals surface area contributed by atoms with Crippen molar-refractivity contribution < 1.29 is 9.94 Å². The lowest BCUT2D eigenvalue weighted by Gasteiger charge is -1.98. The summed E-state index contributed by atoms with van der Waals surface area (Å²) in [5.41, 5.74) is 7.32. The van der Waals surface area contributed by atoms with Crippen molar-refractivity contribution >= 4 is 28.6 Å². The topological polar surface area (TPSA) is 96.5 Å². The van der Waals surface area contributed by atoms with Crippen LogP contribution in [0.1, 0.15) is 19.3 Å². The summed E-state index contributed by atoms with van der Waals surface area (Å²) in [4.78, 5) is 7.77. The van der Waals surface area contributed by atoms with E-state index in [0.717, 1.165) is 40.5 Å². The van der Waals surface area contributed by atoms with Crippen molar-refractivity contribution in [2.45, 2.75) is 24.4 Å². The number of imidazole rings is 1. The summed E-state index contributed by atoms with van der Waals surface area (Å²) < 4.78 is 5.18. The van der Waals surface area contributed by atoms with Crippen molar-refractivity contribution in [1.82, 2.24) is 9.97 Å². The van der Waals surface area contributed by atoms with Crippen LogP contribution < -0.4 is 10.5 Å². The number of thioether (sulfide) groups is 1. The lowest BCUT2D eigenvalue weighted by molar-refractivity contribution is 0.316. The highest BCUT2D eigenvalue weighted by Crippen LogP contribution is 2.23. The third kappa shape index (κ3) is 3.80. The van der Waals surface area contributed by atoms with E-state index in [1.165, 1.54) is 0 Å². The smallest absolute Gasteiger partial charge is 0.166 e.